The molecule has 1 N–H and O–H groups in total. The van der Waals surface area contributed by atoms with Crippen molar-refractivity contribution >= 4 is 35.2 Å². The van der Waals surface area contributed by atoms with Crippen LogP contribution in [0.15, 0.2) is 71.9 Å². The Morgan fingerprint density at radius 2 is 1.57 bits per heavy atom. The molecule has 0 saturated heterocycles. The van der Waals surface area contributed by atoms with Crippen LogP contribution < -0.4 is 5.01 Å². The average molecular weight is 573 g/mol. The van der Waals surface area contributed by atoms with Gasteiger partial charge in [-0.25, -0.2) is 9.59 Å². The number of rotatable bonds is 14. The molecule has 13 heteroatoms. The summed E-state index contributed by atoms with van der Waals surface area (Å²) in [6.45, 7) is 1.30. The molecule has 0 spiro atoms. The van der Waals surface area contributed by atoms with Crippen molar-refractivity contribution in [2.45, 2.75) is 39.3 Å². The van der Waals surface area contributed by atoms with E-state index < -0.39 is 24.3 Å². The number of aliphatic carboxylic acids is 1. The molecule has 0 aliphatic rings. The van der Waals surface area contributed by atoms with Crippen molar-refractivity contribution in [1.82, 2.24) is 15.1 Å². The Morgan fingerprint density at radius 3 is 2.15 bits per heavy atom. The number of nitrogens with zero attached hydrogens (tertiary/aromatic N) is 4. The number of hydrogen-bond donors (Lipinski definition) is 1. The first-order valence-corrected chi connectivity index (χ1v) is 12.5. The molecule has 1 aromatic heterocycles. The zero-order valence-corrected chi connectivity index (χ0v) is 22.7. The molecule has 12 nitrogen and oxygen atoms in total. The van der Waals surface area contributed by atoms with Crippen molar-refractivity contribution in [1.29, 1.82) is 0 Å². The number of amides is 1. The van der Waals surface area contributed by atoms with Gasteiger partial charge in [0.05, 0.1) is 12.6 Å². The first-order chi connectivity index (χ1) is 19.3. The van der Waals surface area contributed by atoms with Crippen molar-refractivity contribution in [3.05, 3.63) is 88.7 Å². The minimum Gasteiger partial charge on any atom is -0.478 e. The van der Waals surface area contributed by atoms with Crippen LogP contribution in [0.4, 0.5) is 4.79 Å². The fraction of sp³-hybridized carbons (Fsp3) is 0.296. The molecule has 0 fully saturated rings. The maximum Gasteiger partial charge on any atom is 0.434 e. The summed E-state index contributed by atoms with van der Waals surface area (Å²) >= 11 is 6.30. The van der Waals surface area contributed by atoms with E-state index in [1.165, 1.54) is 7.11 Å². The van der Waals surface area contributed by atoms with Gasteiger partial charge in [-0.15, -0.1) is 10.2 Å². The Kier molecular flexibility index (Phi) is 11.6. The summed E-state index contributed by atoms with van der Waals surface area (Å²) in [5.74, 6) is -1.94. The summed E-state index contributed by atoms with van der Waals surface area (Å²) in [6.07, 6.45) is -0.679. The summed E-state index contributed by atoms with van der Waals surface area (Å²) < 4.78 is 21.1. The molecule has 1 atom stereocenters. The van der Waals surface area contributed by atoms with E-state index in [2.05, 4.69) is 10.2 Å². The largest absolute Gasteiger partial charge is 0.478 e. The fourth-order valence-corrected chi connectivity index (χ4v) is 3.48. The Balaban J connectivity index is 1.71. The molecule has 3 rings (SSSR count). The highest BCUT2D eigenvalue weighted by Gasteiger charge is 2.25. The number of carboxylic acid groups (broad SMARTS) is 1. The van der Waals surface area contributed by atoms with Crippen LogP contribution in [-0.2, 0) is 41.8 Å². The number of carbonyl (C=O) groups excluding carboxylic acids is 2. The van der Waals surface area contributed by atoms with Crippen LogP contribution in [0.25, 0.3) is 5.57 Å². The lowest BCUT2D eigenvalue weighted by atomic mass is 10.1. The van der Waals surface area contributed by atoms with Crippen molar-refractivity contribution in [2.75, 3.05) is 18.8 Å². The second-order valence-corrected chi connectivity index (χ2v) is 8.72. The number of carboxylic acids is 1. The smallest absolute Gasteiger partial charge is 0.434 e. The Morgan fingerprint density at radius 1 is 0.975 bits per heavy atom. The van der Waals surface area contributed by atoms with E-state index in [0.29, 0.717) is 0 Å². The molecular weight excluding hydrogens is 544 g/mol. The number of allylic oxidation sites excluding steroid dienone is 1. The highest BCUT2D eigenvalue weighted by molar-refractivity contribution is 6.38. The number of hydrogen-bond acceptors (Lipinski definition) is 9. The minimum absolute atomic E-state index is 0.0311. The predicted octanol–water partition coefficient (Wildman–Crippen LogP) is 4.08. The van der Waals surface area contributed by atoms with Gasteiger partial charge in [-0.05, 0) is 24.5 Å². The molecule has 2 aromatic carbocycles. The van der Waals surface area contributed by atoms with Crippen molar-refractivity contribution < 1.29 is 38.4 Å². The molecule has 40 heavy (non-hydrogen) atoms. The Hall–Kier alpha value is -4.26. The molecule has 1 amide bonds. The van der Waals surface area contributed by atoms with Gasteiger partial charge in [0.1, 0.15) is 24.5 Å². The molecule has 1 heterocycles. The van der Waals surface area contributed by atoms with Gasteiger partial charge in [-0.2, -0.15) is 5.01 Å². The lowest BCUT2D eigenvalue weighted by Gasteiger charge is -2.21. The van der Waals surface area contributed by atoms with Gasteiger partial charge in [0.15, 0.2) is 13.0 Å². The van der Waals surface area contributed by atoms with E-state index in [9.17, 15) is 19.5 Å². The van der Waals surface area contributed by atoms with E-state index in [1.807, 2.05) is 36.4 Å². The van der Waals surface area contributed by atoms with Gasteiger partial charge in [-0.1, -0.05) is 77.2 Å². The highest BCUT2D eigenvalue weighted by Crippen LogP contribution is 2.24. The SMILES string of the molecule is COC(C)OCN(C(=O)OCc1ccccc1)n1ncc(/C(C(=O)O)=C(/Cl)CCC(=O)OCc2ccccc2)n1. The summed E-state index contributed by atoms with van der Waals surface area (Å²) in [5, 5.41) is 18.7. The van der Waals surface area contributed by atoms with Gasteiger partial charge in [0.25, 0.3) is 0 Å². The van der Waals surface area contributed by atoms with Crippen LogP contribution in [-0.4, -0.2) is 58.4 Å². The maximum atomic E-state index is 12.9. The maximum absolute atomic E-state index is 12.9. The highest BCUT2D eigenvalue weighted by atomic mass is 35.5. The molecule has 0 radical (unpaired) electrons. The molecule has 3 aromatic rings. The third-order valence-electron chi connectivity index (χ3n) is 5.41. The third kappa shape index (κ3) is 9.19. The van der Waals surface area contributed by atoms with E-state index >= 15 is 0 Å². The summed E-state index contributed by atoms with van der Waals surface area (Å²) in [5.41, 5.74) is 1.04. The lowest BCUT2D eigenvalue weighted by Crippen LogP contribution is -2.45. The molecule has 0 aliphatic carbocycles. The first kappa shape index (κ1) is 30.3. The van der Waals surface area contributed by atoms with Crippen molar-refractivity contribution in [2.24, 2.45) is 0 Å². The van der Waals surface area contributed by atoms with E-state index in [4.69, 9.17) is 30.5 Å². The van der Waals surface area contributed by atoms with Crippen LogP contribution >= 0.6 is 11.6 Å². The van der Waals surface area contributed by atoms with Crippen LogP contribution in [0.5, 0.6) is 0 Å². The van der Waals surface area contributed by atoms with E-state index in [0.717, 1.165) is 27.2 Å². The number of benzene rings is 2. The minimum atomic E-state index is -1.39. The molecule has 0 aliphatic heterocycles. The van der Waals surface area contributed by atoms with Gasteiger partial charge in [0, 0.05) is 12.1 Å². The molecular formula is C27H29ClN4O8. The topological polar surface area (TPSA) is 142 Å². The van der Waals surface area contributed by atoms with E-state index in [1.54, 1.807) is 31.2 Å². The van der Waals surface area contributed by atoms with Crippen LogP contribution in [0.1, 0.15) is 36.6 Å². The summed E-state index contributed by atoms with van der Waals surface area (Å²) in [6, 6.07) is 18.1. The Labute approximate surface area is 235 Å². The normalized spacial score (nSPS) is 12.3. The number of esters is 1. The first-order valence-electron chi connectivity index (χ1n) is 12.2. The predicted molar refractivity (Wildman–Crippen MR) is 143 cm³/mol. The summed E-state index contributed by atoms with van der Waals surface area (Å²) in [7, 11) is 1.43. The zero-order valence-electron chi connectivity index (χ0n) is 21.9. The van der Waals surface area contributed by atoms with Gasteiger partial charge >= 0.3 is 18.0 Å². The number of methoxy groups -OCH3 is 1. The summed E-state index contributed by atoms with van der Waals surface area (Å²) in [4.78, 5) is 37.9. The number of ether oxygens (including phenoxy) is 4. The zero-order chi connectivity index (χ0) is 28.9. The van der Waals surface area contributed by atoms with E-state index in [-0.39, 0.29) is 49.1 Å². The second-order valence-electron chi connectivity index (χ2n) is 8.27. The lowest BCUT2D eigenvalue weighted by molar-refractivity contribution is -0.145. The molecule has 0 saturated carbocycles. The second kappa shape index (κ2) is 15.4. The monoisotopic (exact) mass is 572 g/mol. The van der Waals surface area contributed by atoms with Gasteiger partial charge < -0.3 is 24.1 Å². The number of carbonyl (C=O) groups is 3. The van der Waals surface area contributed by atoms with Crippen LogP contribution in [0.2, 0.25) is 0 Å². The number of halogens is 1. The molecule has 0 bridgehead atoms. The Bertz CT molecular complexity index is 1300. The number of aromatic nitrogens is 3. The molecule has 212 valence electrons. The quantitative estimate of drug-likeness (QED) is 0.170. The van der Waals surface area contributed by atoms with Gasteiger partial charge in [-0.3, -0.25) is 4.79 Å². The average Bonchev–Trinajstić information content (AvgIpc) is 3.43. The van der Waals surface area contributed by atoms with Crippen LogP contribution in [0.3, 0.4) is 0 Å². The van der Waals surface area contributed by atoms with Gasteiger partial charge in [0.2, 0.25) is 0 Å². The van der Waals surface area contributed by atoms with Crippen LogP contribution in [0, 0.1) is 0 Å². The third-order valence-corrected chi connectivity index (χ3v) is 5.79. The van der Waals surface area contributed by atoms with Crippen molar-refractivity contribution in [3.63, 3.8) is 0 Å². The molecule has 1 unspecified atom stereocenters. The van der Waals surface area contributed by atoms with Crippen molar-refractivity contribution in [3.8, 4) is 0 Å². The standard InChI is InChI=1S/C27H29ClN4O8/c1-19(37-2)40-18-31(27(36)39-17-21-11-7-4-8-12-21)32-29-15-23(30-32)25(26(34)35)22(28)13-14-24(33)38-16-20-9-5-3-6-10-20/h3-12,15,19H,13-14,16-18H2,1-2H3,(H,34,35)/b25-22-. The fourth-order valence-electron chi connectivity index (χ4n) is 3.21.